The number of hydrogen-bond donors (Lipinski definition) is 0. The van der Waals surface area contributed by atoms with Crippen LogP contribution in [0, 0.1) is 0 Å². The van der Waals surface area contributed by atoms with E-state index in [-0.39, 0.29) is 19.3 Å². The van der Waals surface area contributed by atoms with Gasteiger partial charge in [-0.15, -0.1) is 5.06 Å². The number of aromatic nitrogens is 1. The maximum absolute atomic E-state index is 12.0. The summed E-state index contributed by atoms with van der Waals surface area (Å²) in [7, 11) is 0.801. The van der Waals surface area contributed by atoms with E-state index in [1.807, 2.05) is 18.3 Å². The van der Waals surface area contributed by atoms with E-state index in [9.17, 15) is 14.4 Å². The van der Waals surface area contributed by atoms with E-state index in [4.69, 9.17) is 4.84 Å². The second-order valence-electron chi connectivity index (χ2n) is 6.04. The van der Waals surface area contributed by atoms with Crippen LogP contribution in [0.1, 0.15) is 31.4 Å². The summed E-state index contributed by atoms with van der Waals surface area (Å²) < 4.78 is 2.14. The average Bonchev–Trinajstić information content (AvgIpc) is 3.27. The summed E-state index contributed by atoms with van der Waals surface area (Å²) in [6.45, 7) is 0.859. The van der Waals surface area contributed by atoms with E-state index in [0.29, 0.717) is 11.5 Å². The number of hydrogen-bond acceptors (Lipinski definition) is 5. The molecule has 0 N–H and O–H groups in total. The smallest absolute Gasteiger partial charge is 0.361 e. The summed E-state index contributed by atoms with van der Waals surface area (Å²) in [5, 5.41) is 0.603. The first kappa shape index (κ1) is 14.8. The SMILES string of the molecule is O=C(CCC1=C2C=CCN2Bn2cccc21)ON1C(=O)CCC1=O. The highest BCUT2D eigenvalue weighted by Gasteiger charge is 2.33. The number of carbonyl (C=O) groups excluding carboxylic acids is 3. The molecule has 0 spiro atoms. The van der Waals surface area contributed by atoms with Gasteiger partial charge in [-0.2, -0.15) is 0 Å². The molecule has 0 atom stereocenters. The van der Waals surface area contributed by atoms with Gasteiger partial charge in [0, 0.05) is 30.8 Å². The molecule has 1 fully saturated rings. The van der Waals surface area contributed by atoms with Gasteiger partial charge in [0.1, 0.15) is 0 Å². The maximum Gasteiger partial charge on any atom is 0.361 e. The minimum Gasteiger partial charge on any atom is -0.395 e. The van der Waals surface area contributed by atoms with Crippen LogP contribution in [0.15, 0.2) is 36.2 Å². The van der Waals surface area contributed by atoms with Crippen LogP contribution in [0.5, 0.6) is 0 Å². The Morgan fingerprint density at radius 3 is 2.83 bits per heavy atom. The van der Waals surface area contributed by atoms with E-state index in [0.717, 1.165) is 31.1 Å². The van der Waals surface area contributed by atoms with Gasteiger partial charge in [-0.05, 0) is 36.4 Å². The molecule has 0 saturated carbocycles. The lowest BCUT2D eigenvalue weighted by Crippen LogP contribution is -2.34. The van der Waals surface area contributed by atoms with Crippen molar-refractivity contribution < 1.29 is 19.2 Å². The number of hydroxylamine groups is 2. The first-order valence-electron chi connectivity index (χ1n) is 8.00. The van der Waals surface area contributed by atoms with Gasteiger partial charge in [-0.1, -0.05) is 6.08 Å². The molecule has 122 valence electrons. The van der Waals surface area contributed by atoms with Crippen molar-refractivity contribution in [2.75, 3.05) is 6.54 Å². The van der Waals surface area contributed by atoms with Crippen molar-refractivity contribution in [3.63, 3.8) is 0 Å². The average molecular weight is 325 g/mol. The Kier molecular flexibility index (Phi) is 3.52. The van der Waals surface area contributed by atoms with Crippen molar-refractivity contribution in [3.05, 3.63) is 41.9 Å². The minimum absolute atomic E-state index is 0.106. The van der Waals surface area contributed by atoms with Gasteiger partial charge in [-0.25, -0.2) is 4.79 Å². The fourth-order valence-corrected chi connectivity index (χ4v) is 3.34. The number of rotatable bonds is 4. The van der Waals surface area contributed by atoms with Crippen molar-refractivity contribution in [3.8, 4) is 0 Å². The van der Waals surface area contributed by atoms with Crippen LogP contribution < -0.4 is 0 Å². The zero-order chi connectivity index (χ0) is 16.7. The molecular weight excluding hydrogens is 309 g/mol. The second kappa shape index (κ2) is 5.70. The molecule has 1 aromatic heterocycles. The Morgan fingerprint density at radius 2 is 2.04 bits per heavy atom. The molecule has 0 aliphatic carbocycles. The monoisotopic (exact) mass is 325 g/mol. The topological polar surface area (TPSA) is 71.8 Å². The molecule has 1 aromatic rings. The van der Waals surface area contributed by atoms with E-state index in [1.54, 1.807) is 0 Å². The maximum atomic E-state index is 12.0. The van der Waals surface area contributed by atoms with Crippen LogP contribution in [-0.4, -0.2) is 46.2 Å². The summed E-state index contributed by atoms with van der Waals surface area (Å²) in [6, 6.07) is 4.02. The normalized spacial score (nSPS) is 18.8. The fraction of sp³-hybridized carbons (Fsp3) is 0.312. The molecular formula is C16H16BN3O4. The molecule has 1 saturated heterocycles. The van der Waals surface area contributed by atoms with Crippen LogP contribution in [-0.2, 0) is 19.2 Å². The van der Waals surface area contributed by atoms with Crippen LogP contribution in [0.3, 0.4) is 0 Å². The molecule has 3 aliphatic rings. The Hall–Kier alpha value is -2.77. The zero-order valence-corrected chi connectivity index (χ0v) is 13.1. The quantitative estimate of drug-likeness (QED) is 0.598. The molecule has 24 heavy (non-hydrogen) atoms. The molecule has 4 rings (SSSR count). The van der Waals surface area contributed by atoms with Crippen LogP contribution in [0.4, 0.5) is 0 Å². The largest absolute Gasteiger partial charge is 0.395 e. The van der Waals surface area contributed by atoms with Gasteiger partial charge in [0.25, 0.3) is 11.8 Å². The lowest BCUT2D eigenvalue weighted by molar-refractivity contribution is -0.197. The van der Waals surface area contributed by atoms with Crippen LogP contribution >= 0.6 is 0 Å². The predicted molar refractivity (Wildman–Crippen MR) is 86.2 cm³/mol. The van der Waals surface area contributed by atoms with Crippen molar-refractivity contribution in [1.29, 1.82) is 0 Å². The van der Waals surface area contributed by atoms with Crippen molar-refractivity contribution in [2.45, 2.75) is 25.7 Å². The number of carbonyl (C=O) groups is 3. The van der Waals surface area contributed by atoms with Crippen molar-refractivity contribution in [1.82, 2.24) is 14.4 Å². The fourth-order valence-electron chi connectivity index (χ4n) is 3.34. The lowest BCUT2D eigenvalue weighted by Gasteiger charge is -2.29. The molecule has 0 unspecified atom stereocenters. The third-order valence-electron chi connectivity index (χ3n) is 4.49. The van der Waals surface area contributed by atoms with E-state index in [2.05, 4.69) is 21.4 Å². The number of amides is 2. The summed E-state index contributed by atoms with van der Waals surface area (Å²) >= 11 is 0. The molecule has 0 radical (unpaired) electrons. The summed E-state index contributed by atoms with van der Waals surface area (Å²) in [5.74, 6) is -1.47. The van der Waals surface area contributed by atoms with E-state index < -0.39 is 17.8 Å². The van der Waals surface area contributed by atoms with Crippen molar-refractivity contribution in [2.24, 2.45) is 0 Å². The lowest BCUT2D eigenvalue weighted by atomic mass is 9.94. The van der Waals surface area contributed by atoms with Gasteiger partial charge in [-0.3, -0.25) is 9.59 Å². The molecule has 3 aliphatic heterocycles. The third kappa shape index (κ3) is 2.44. The van der Waals surface area contributed by atoms with Gasteiger partial charge in [0.05, 0.1) is 6.42 Å². The first-order chi connectivity index (χ1) is 11.6. The van der Waals surface area contributed by atoms with Crippen molar-refractivity contribution >= 4 is 30.9 Å². The molecule has 0 aromatic carbocycles. The number of allylic oxidation sites excluding steroid dienone is 2. The highest BCUT2D eigenvalue weighted by Crippen LogP contribution is 2.32. The van der Waals surface area contributed by atoms with E-state index in [1.165, 1.54) is 0 Å². The Morgan fingerprint density at radius 1 is 1.25 bits per heavy atom. The highest BCUT2D eigenvalue weighted by molar-refractivity contribution is 6.33. The van der Waals surface area contributed by atoms with Gasteiger partial charge < -0.3 is 14.1 Å². The standard InChI is InChI=1S/C16H16BN3O4/c21-14-6-7-15(22)20(14)24-16(23)8-5-11-12-3-1-9-18(12)17-19-10-2-4-13(11)19/h1-4,9,17H,5-8,10H2. The number of nitrogens with zero attached hydrogens (tertiary/aromatic N) is 3. The highest BCUT2D eigenvalue weighted by atomic mass is 16.7. The summed E-state index contributed by atoms with van der Waals surface area (Å²) in [4.78, 5) is 42.2. The molecule has 2 amide bonds. The van der Waals surface area contributed by atoms with Crippen LogP contribution in [0.25, 0.3) is 5.57 Å². The molecule has 8 heteroatoms. The second-order valence-corrected chi connectivity index (χ2v) is 6.04. The van der Waals surface area contributed by atoms with Gasteiger partial charge in [0.2, 0.25) is 0 Å². The Labute approximate surface area is 139 Å². The molecule has 7 nitrogen and oxygen atoms in total. The number of imide groups is 1. The first-order valence-corrected chi connectivity index (χ1v) is 8.00. The Balaban J connectivity index is 1.47. The Bertz CT molecular complexity index is 779. The summed E-state index contributed by atoms with van der Waals surface area (Å²) in [6.07, 6.45) is 7.01. The van der Waals surface area contributed by atoms with Gasteiger partial charge in [0.15, 0.2) is 0 Å². The molecule has 4 heterocycles. The number of fused-ring (bicyclic) bond motifs is 2. The van der Waals surface area contributed by atoms with E-state index >= 15 is 0 Å². The zero-order valence-electron chi connectivity index (χ0n) is 13.1. The minimum atomic E-state index is -0.566. The van der Waals surface area contributed by atoms with Crippen LogP contribution in [0.2, 0.25) is 0 Å². The third-order valence-corrected chi connectivity index (χ3v) is 4.49. The predicted octanol–water partition coefficient (Wildman–Crippen LogP) is 0.587. The molecule has 0 bridgehead atoms. The van der Waals surface area contributed by atoms with Gasteiger partial charge >= 0.3 is 13.5 Å². The summed E-state index contributed by atoms with van der Waals surface area (Å²) in [5.41, 5.74) is 3.30.